The van der Waals surface area contributed by atoms with Crippen molar-refractivity contribution >= 4 is 15.9 Å². The van der Waals surface area contributed by atoms with Crippen LogP contribution in [0.4, 0.5) is 0 Å². The predicted octanol–water partition coefficient (Wildman–Crippen LogP) is 1.85. The summed E-state index contributed by atoms with van der Waals surface area (Å²) in [5.41, 5.74) is 5.65. The SMILES string of the molecule is CC[C@H](N)c1cc(Br)no1. The van der Waals surface area contributed by atoms with E-state index in [1.807, 2.05) is 6.92 Å². The molecular weight excluding hydrogens is 196 g/mol. The third-order valence-electron chi connectivity index (χ3n) is 1.30. The van der Waals surface area contributed by atoms with Crippen molar-refractivity contribution in [2.75, 3.05) is 0 Å². The maximum atomic E-state index is 5.65. The molecule has 0 aliphatic carbocycles. The number of aromatic nitrogens is 1. The zero-order valence-electron chi connectivity index (χ0n) is 5.67. The Hall–Kier alpha value is -0.350. The highest BCUT2D eigenvalue weighted by molar-refractivity contribution is 9.10. The fourth-order valence-electron chi connectivity index (χ4n) is 0.642. The molecular formula is C6H9BrN2O. The first-order valence-electron chi connectivity index (χ1n) is 3.11. The molecule has 3 nitrogen and oxygen atoms in total. The van der Waals surface area contributed by atoms with Gasteiger partial charge in [0.1, 0.15) is 4.60 Å². The topological polar surface area (TPSA) is 52.0 Å². The van der Waals surface area contributed by atoms with Crippen LogP contribution < -0.4 is 5.73 Å². The predicted molar refractivity (Wildman–Crippen MR) is 41.4 cm³/mol. The minimum Gasteiger partial charge on any atom is -0.359 e. The van der Waals surface area contributed by atoms with Crippen LogP contribution in [0.25, 0.3) is 0 Å². The second-order valence-corrected chi connectivity index (χ2v) is 2.88. The largest absolute Gasteiger partial charge is 0.359 e. The maximum Gasteiger partial charge on any atom is 0.154 e. The van der Waals surface area contributed by atoms with Gasteiger partial charge in [0.05, 0.1) is 6.04 Å². The summed E-state index contributed by atoms with van der Waals surface area (Å²) in [4.78, 5) is 0. The lowest BCUT2D eigenvalue weighted by Gasteiger charge is -2.00. The molecule has 56 valence electrons. The van der Waals surface area contributed by atoms with Crippen molar-refractivity contribution in [3.05, 3.63) is 16.4 Å². The summed E-state index contributed by atoms with van der Waals surface area (Å²) in [6.07, 6.45) is 0.863. The molecule has 0 unspecified atom stereocenters. The normalized spacial score (nSPS) is 13.5. The molecule has 0 radical (unpaired) electrons. The Morgan fingerprint density at radius 3 is 3.00 bits per heavy atom. The Bertz CT molecular complexity index is 211. The van der Waals surface area contributed by atoms with Crippen LogP contribution in [0.5, 0.6) is 0 Å². The van der Waals surface area contributed by atoms with Gasteiger partial charge in [-0.2, -0.15) is 0 Å². The van der Waals surface area contributed by atoms with Crippen LogP contribution in [0.2, 0.25) is 0 Å². The average Bonchev–Trinajstić information content (AvgIpc) is 2.34. The highest BCUT2D eigenvalue weighted by Crippen LogP contribution is 2.17. The number of nitrogens with zero attached hydrogens (tertiary/aromatic N) is 1. The van der Waals surface area contributed by atoms with Gasteiger partial charge in [0.15, 0.2) is 5.76 Å². The van der Waals surface area contributed by atoms with Gasteiger partial charge in [0, 0.05) is 6.07 Å². The standard InChI is InChI=1S/C6H9BrN2O/c1-2-4(8)5-3-6(7)9-10-5/h3-4H,2,8H2,1H3/t4-/m0/s1. The fraction of sp³-hybridized carbons (Fsp3) is 0.500. The first kappa shape index (κ1) is 7.75. The first-order chi connectivity index (χ1) is 4.74. The van der Waals surface area contributed by atoms with Crippen molar-refractivity contribution in [1.82, 2.24) is 5.16 Å². The molecule has 1 aromatic rings. The summed E-state index contributed by atoms with van der Waals surface area (Å²) in [6, 6.07) is 1.76. The molecule has 1 rings (SSSR count). The lowest BCUT2D eigenvalue weighted by molar-refractivity contribution is 0.356. The van der Waals surface area contributed by atoms with E-state index in [-0.39, 0.29) is 6.04 Å². The van der Waals surface area contributed by atoms with Crippen LogP contribution in [0.1, 0.15) is 25.1 Å². The molecule has 0 aliphatic rings. The Labute approximate surface area is 67.7 Å². The van der Waals surface area contributed by atoms with Crippen molar-refractivity contribution in [2.45, 2.75) is 19.4 Å². The maximum absolute atomic E-state index is 5.65. The number of hydrogen-bond acceptors (Lipinski definition) is 3. The van der Waals surface area contributed by atoms with E-state index in [4.69, 9.17) is 10.3 Å². The van der Waals surface area contributed by atoms with Gasteiger partial charge in [-0.3, -0.25) is 0 Å². The number of nitrogens with two attached hydrogens (primary N) is 1. The first-order valence-corrected chi connectivity index (χ1v) is 3.91. The Morgan fingerprint density at radius 1 is 1.90 bits per heavy atom. The van der Waals surface area contributed by atoms with E-state index in [0.29, 0.717) is 4.60 Å². The van der Waals surface area contributed by atoms with Gasteiger partial charge in [0.2, 0.25) is 0 Å². The minimum atomic E-state index is -0.0289. The van der Waals surface area contributed by atoms with E-state index in [0.717, 1.165) is 12.2 Å². The monoisotopic (exact) mass is 204 g/mol. The van der Waals surface area contributed by atoms with Crippen LogP contribution in [0.3, 0.4) is 0 Å². The molecule has 0 spiro atoms. The van der Waals surface area contributed by atoms with Gasteiger partial charge in [-0.05, 0) is 22.4 Å². The van der Waals surface area contributed by atoms with E-state index in [1.165, 1.54) is 0 Å². The molecule has 0 aromatic carbocycles. The van der Waals surface area contributed by atoms with Crippen LogP contribution in [-0.2, 0) is 0 Å². The van der Waals surface area contributed by atoms with Crippen molar-refractivity contribution < 1.29 is 4.52 Å². The average molecular weight is 205 g/mol. The summed E-state index contributed by atoms with van der Waals surface area (Å²) in [6.45, 7) is 2.00. The van der Waals surface area contributed by atoms with Crippen LogP contribution in [-0.4, -0.2) is 5.16 Å². The van der Waals surface area contributed by atoms with E-state index in [9.17, 15) is 0 Å². The summed E-state index contributed by atoms with van der Waals surface area (Å²) in [5, 5.41) is 3.65. The van der Waals surface area contributed by atoms with Crippen LogP contribution >= 0.6 is 15.9 Å². The molecule has 0 saturated carbocycles. The van der Waals surface area contributed by atoms with E-state index in [1.54, 1.807) is 6.07 Å². The van der Waals surface area contributed by atoms with Gasteiger partial charge in [0.25, 0.3) is 0 Å². The second kappa shape index (κ2) is 3.16. The molecule has 2 N–H and O–H groups in total. The van der Waals surface area contributed by atoms with Crippen molar-refractivity contribution in [2.24, 2.45) is 5.73 Å². The molecule has 1 atom stereocenters. The summed E-state index contributed by atoms with van der Waals surface area (Å²) < 4.78 is 5.60. The van der Waals surface area contributed by atoms with Crippen LogP contribution in [0, 0.1) is 0 Å². The lowest BCUT2D eigenvalue weighted by Crippen LogP contribution is -2.06. The molecule has 1 aromatic heterocycles. The van der Waals surface area contributed by atoms with Gasteiger partial charge in [-0.25, -0.2) is 0 Å². The molecule has 0 fully saturated rings. The fourth-order valence-corrected chi connectivity index (χ4v) is 0.940. The second-order valence-electron chi connectivity index (χ2n) is 2.07. The van der Waals surface area contributed by atoms with Crippen molar-refractivity contribution in [1.29, 1.82) is 0 Å². The third kappa shape index (κ3) is 1.58. The molecule has 4 heteroatoms. The minimum absolute atomic E-state index is 0.0289. The molecule has 10 heavy (non-hydrogen) atoms. The summed E-state index contributed by atoms with van der Waals surface area (Å²) >= 11 is 3.17. The highest BCUT2D eigenvalue weighted by atomic mass is 79.9. The van der Waals surface area contributed by atoms with Crippen molar-refractivity contribution in [3.63, 3.8) is 0 Å². The van der Waals surface area contributed by atoms with E-state index in [2.05, 4.69) is 21.1 Å². The zero-order valence-corrected chi connectivity index (χ0v) is 7.26. The molecule has 0 saturated heterocycles. The number of rotatable bonds is 2. The summed E-state index contributed by atoms with van der Waals surface area (Å²) in [7, 11) is 0. The molecule has 0 bridgehead atoms. The quantitative estimate of drug-likeness (QED) is 0.801. The van der Waals surface area contributed by atoms with Gasteiger partial charge >= 0.3 is 0 Å². The van der Waals surface area contributed by atoms with Gasteiger partial charge < -0.3 is 10.3 Å². The van der Waals surface area contributed by atoms with Gasteiger partial charge in [-0.1, -0.05) is 12.1 Å². The highest BCUT2D eigenvalue weighted by Gasteiger charge is 2.08. The molecule has 0 aliphatic heterocycles. The Morgan fingerprint density at radius 2 is 2.60 bits per heavy atom. The Kier molecular flexibility index (Phi) is 2.45. The van der Waals surface area contributed by atoms with E-state index < -0.39 is 0 Å². The smallest absolute Gasteiger partial charge is 0.154 e. The molecule has 0 amide bonds. The molecule has 1 heterocycles. The van der Waals surface area contributed by atoms with Crippen LogP contribution in [0.15, 0.2) is 15.2 Å². The van der Waals surface area contributed by atoms with Gasteiger partial charge in [-0.15, -0.1) is 0 Å². The lowest BCUT2D eigenvalue weighted by atomic mass is 10.2. The third-order valence-corrected chi connectivity index (χ3v) is 1.68. The Balaban J connectivity index is 2.74. The van der Waals surface area contributed by atoms with Crippen molar-refractivity contribution in [3.8, 4) is 0 Å². The zero-order chi connectivity index (χ0) is 7.56. The number of halogens is 1. The summed E-state index contributed by atoms with van der Waals surface area (Å²) in [5.74, 6) is 0.731. The van der Waals surface area contributed by atoms with E-state index >= 15 is 0 Å². The number of hydrogen-bond donors (Lipinski definition) is 1.